The van der Waals surface area contributed by atoms with Crippen molar-refractivity contribution in [2.45, 2.75) is 39.5 Å². The van der Waals surface area contributed by atoms with Crippen molar-refractivity contribution in [3.05, 3.63) is 29.3 Å². The quantitative estimate of drug-likeness (QED) is 0.788. The van der Waals surface area contributed by atoms with Gasteiger partial charge in [0.05, 0.1) is 0 Å². The number of para-hydroxylation sites is 1. The SMILES string of the molecule is CCCC[C@H]1CNc2c(C)cccc2C1. The Kier molecular flexibility index (Phi) is 3.30. The molecule has 0 aliphatic carbocycles. The molecule has 2 rings (SSSR count). The highest BCUT2D eigenvalue weighted by molar-refractivity contribution is 5.58. The van der Waals surface area contributed by atoms with Gasteiger partial charge in [-0.05, 0) is 36.8 Å². The number of unbranched alkanes of at least 4 members (excludes halogenated alkanes) is 1. The summed E-state index contributed by atoms with van der Waals surface area (Å²) in [4.78, 5) is 0. The Hall–Kier alpha value is -0.980. The van der Waals surface area contributed by atoms with E-state index in [0.29, 0.717) is 0 Å². The lowest BCUT2D eigenvalue weighted by molar-refractivity contribution is 0.474. The van der Waals surface area contributed by atoms with Crippen LogP contribution in [-0.4, -0.2) is 6.54 Å². The Morgan fingerprint density at radius 3 is 3.07 bits per heavy atom. The molecule has 0 amide bonds. The molecule has 0 bridgehead atoms. The van der Waals surface area contributed by atoms with Gasteiger partial charge in [-0.25, -0.2) is 0 Å². The van der Waals surface area contributed by atoms with E-state index < -0.39 is 0 Å². The standard InChI is InChI=1S/C14H21N/c1-3-4-7-12-9-13-8-5-6-11(2)14(13)15-10-12/h5-6,8,12,15H,3-4,7,9-10H2,1-2H3/t12-/m1/s1. The van der Waals surface area contributed by atoms with Gasteiger partial charge in [-0.2, -0.15) is 0 Å². The molecule has 0 spiro atoms. The van der Waals surface area contributed by atoms with E-state index in [1.807, 2.05) is 0 Å². The largest absolute Gasteiger partial charge is 0.384 e. The average Bonchev–Trinajstić information content (AvgIpc) is 2.26. The third-order valence-corrected chi connectivity index (χ3v) is 3.40. The fourth-order valence-electron chi connectivity index (χ4n) is 2.48. The van der Waals surface area contributed by atoms with Gasteiger partial charge in [0.15, 0.2) is 0 Å². The first-order valence-electron chi connectivity index (χ1n) is 6.13. The minimum absolute atomic E-state index is 0.847. The van der Waals surface area contributed by atoms with Crippen LogP contribution in [0.5, 0.6) is 0 Å². The van der Waals surface area contributed by atoms with Gasteiger partial charge >= 0.3 is 0 Å². The van der Waals surface area contributed by atoms with E-state index >= 15 is 0 Å². The Labute approximate surface area is 92.9 Å². The minimum atomic E-state index is 0.847. The van der Waals surface area contributed by atoms with E-state index in [1.54, 1.807) is 0 Å². The molecular formula is C14H21N. The van der Waals surface area contributed by atoms with Gasteiger partial charge in [0.2, 0.25) is 0 Å². The first-order valence-corrected chi connectivity index (χ1v) is 6.13. The van der Waals surface area contributed by atoms with Crippen LogP contribution in [0.15, 0.2) is 18.2 Å². The third-order valence-electron chi connectivity index (χ3n) is 3.40. The highest BCUT2D eigenvalue weighted by Gasteiger charge is 2.18. The summed E-state index contributed by atoms with van der Waals surface area (Å²) in [6, 6.07) is 6.64. The van der Waals surface area contributed by atoms with Crippen LogP contribution in [0.1, 0.15) is 37.3 Å². The van der Waals surface area contributed by atoms with Crippen molar-refractivity contribution in [3.8, 4) is 0 Å². The molecule has 0 radical (unpaired) electrons. The van der Waals surface area contributed by atoms with E-state index in [-0.39, 0.29) is 0 Å². The van der Waals surface area contributed by atoms with Crippen molar-refractivity contribution < 1.29 is 0 Å². The predicted molar refractivity (Wildman–Crippen MR) is 66.4 cm³/mol. The predicted octanol–water partition coefficient (Wildman–Crippen LogP) is 3.77. The lowest BCUT2D eigenvalue weighted by Gasteiger charge is -2.27. The maximum atomic E-state index is 3.59. The molecular weight excluding hydrogens is 182 g/mol. The van der Waals surface area contributed by atoms with Crippen LogP contribution in [0.4, 0.5) is 5.69 Å². The second-order valence-electron chi connectivity index (χ2n) is 4.70. The van der Waals surface area contributed by atoms with Crippen LogP contribution < -0.4 is 5.32 Å². The van der Waals surface area contributed by atoms with Crippen LogP contribution in [0.25, 0.3) is 0 Å². The third kappa shape index (κ3) is 2.34. The Morgan fingerprint density at radius 2 is 2.27 bits per heavy atom. The highest BCUT2D eigenvalue weighted by Crippen LogP contribution is 2.29. The molecule has 15 heavy (non-hydrogen) atoms. The van der Waals surface area contributed by atoms with Crippen molar-refractivity contribution in [1.29, 1.82) is 0 Å². The first kappa shape index (κ1) is 10.5. The summed E-state index contributed by atoms with van der Waals surface area (Å²) in [7, 11) is 0. The van der Waals surface area contributed by atoms with Crippen LogP contribution >= 0.6 is 0 Å². The maximum Gasteiger partial charge on any atom is 0.0402 e. The fraction of sp³-hybridized carbons (Fsp3) is 0.571. The Morgan fingerprint density at radius 1 is 1.40 bits per heavy atom. The van der Waals surface area contributed by atoms with Gasteiger partial charge in [0, 0.05) is 12.2 Å². The van der Waals surface area contributed by atoms with E-state index in [2.05, 4.69) is 37.4 Å². The van der Waals surface area contributed by atoms with Crippen molar-refractivity contribution in [2.75, 3.05) is 11.9 Å². The lowest BCUT2D eigenvalue weighted by Crippen LogP contribution is -2.23. The molecule has 1 aliphatic rings. The summed E-state index contributed by atoms with van der Waals surface area (Å²) < 4.78 is 0. The van der Waals surface area contributed by atoms with Gasteiger partial charge in [0.25, 0.3) is 0 Å². The molecule has 0 saturated heterocycles. The van der Waals surface area contributed by atoms with Crippen molar-refractivity contribution in [1.82, 2.24) is 0 Å². The first-order chi connectivity index (χ1) is 7.31. The topological polar surface area (TPSA) is 12.0 Å². The molecule has 1 aromatic carbocycles. The highest BCUT2D eigenvalue weighted by atomic mass is 14.9. The van der Waals surface area contributed by atoms with Gasteiger partial charge in [-0.1, -0.05) is 38.0 Å². The molecule has 1 aliphatic heterocycles. The monoisotopic (exact) mass is 203 g/mol. The number of anilines is 1. The van der Waals surface area contributed by atoms with Crippen LogP contribution in [0.3, 0.4) is 0 Å². The zero-order valence-electron chi connectivity index (χ0n) is 9.84. The van der Waals surface area contributed by atoms with Crippen molar-refractivity contribution in [3.63, 3.8) is 0 Å². The molecule has 0 unspecified atom stereocenters. The van der Waals surface area contributed by atoms with E-state index in [4.69, 9.17) is 0 Å². The van der Waals surface area contributed by atoms with Crippen LogP contribution in [0, 0.1) is 12.8 Å². The number of nitrogens with one attached hydrogen (secondary N) is 1. The van der Waals surface area contributed by atoms with Gasteiger partial charge in [0.1, 0.15) is 0 Å². The van der Waals surface area contributed by atoms with Gasteiger partial charge in [-0.15, -0.1) is 0 Å². The number of rotatable bonds is 3. The van der Waals surface area contributed by atoms with Crippen LogP contribution in [0.2, 0.25) is 0 Å². The second-order valence-corrected chi connectivity index (χ2v) is 4.70. The van der Waals surface area contributed by atoms with Gasteiger partial charge < -0.3 is 5.32 Å². The van der Waals surface area contributed by atoms with E-state index in [9.17, 15) is 0 Å². The van der Waals surface area contributed by atoms with E-state index in [1.165, 1.54) is 42.5 Å². The average molecular weight is 203 g/mol. The molecule has 1 heterocycles. The molecule has 1 N–H and O–H groups in total. The molecule has 0 fully saturated rings. The lowest BCUT2D eigenvalue weighted by atomic mass is 9.89. The zero-order chi connectivity index (χ0) is 10.7. The summed E-state index contributed by atoms with van der Waals surface area (Å²) in [6.45, 7) is 5.63. The molecule has 0 saturated carbocycles. The normalized spacial score (nSPS) is 19.5. The summed E-state index contributed by atoms with van der Waals surface area (Å²) in [5.74, 6) is 0.847. The number of aryl methyl sites for hydroxylation is 1. The van der Waals surface area contributed by atoms with Gasteiger partial charge in [-0.3, -0.25) is 0 Å². The molecule has 1 aromatic rings. The summed E-state index contributed by atoms with van der Waals surface area (Å²) >= 11 is 0. The fourth-order valence-corrected chi connectivity index (χ4v) is 2.48. The van der Waals surface area contributed by atoms with E-state index in [0.717, 1.165) is 12.5 Å². The maximum absolute atomic E-state index is 3.59. The van der Waals surface area contributed by atoms with Crippen LogP contribution in [-0.2, 0) is 6.42 Å². The molecule has 1 nitrogen and oxygen atoms in total. The Balaban J connectivity index is 2.07. The summed E-state index contributed by atoms with van der Waals surface area (Å²) in [5.41, 5.74) is 4.30. The van der Waals surface area contributed by atoms with Crippen molar-refractivity contribution in [2.24, 2.45) is 5.92 Å². The molecule has 1 heteroatoms. The summed E-state index contributed by atoms with van der Waals surface area (Å²) in [5, 5.41) is 3.59. The second kappa shape index (κ2) is 4.69. The molecule has 1 atom stereocenters. The number of fused-ring (bicyclic) bond motifs is 1. The minimum Gasteiger partial charge on any atom is -0.384 e. The smallest absolute Gasteiger partial charge is 0.0402 e. The Bertz CT molecular complexity index is 330. The molecule has 0 aromatic heterocycles. The summed E-state index contributed by atoms with van der Waals surface area (Å²) in [6.07, 6.45) is 5.32. The number of hydrogen-bond donors (Lipinski definition) is 1. The zero-order valence-corrected chi connectivity index (χ0v) is 9.84. The molecule has 82 valence electrons. The number of hydrogen-bond acceptors (Lipinski definition) is 1. The van der Waals surface area contributed by atoms with Crippen molar-refractivity contribution >= 4 is 5.69 Å². The number of benzene rings is 1.